The molecule has 0 unspecified atom stereocenters. The molecule has 32 heavy (non-hydrogen) atoms. The summed E-state index contributed by atoms with van der Waals surface area (Å²) in [7, 11) is 4.50. The first kappa shape index (κ1) is 21.8. The van der Waals surface area contributed by atoms with Crippen LogP contribution in [0, 0.1) is 11.8 Å². The molecule has 4 rings (SSSR count). The number of primary amides is 1. The lowest BCUT2D eigenvalue weighted by Gasteiger charge is -2.50. The van der Waals surface area contributed by atoms with Gasteiger partial charge >= 0.3 is 0 Å². The van der Waals surface area contributed by atoms with E-state index in [9.17, 15) is 34.8 Å². The number of nitrogens with two attached hydrogens (primary N) is 1. The lowest BCUT2D eigenvalue weighted by Crippen LogP contribution is -2.63. The Balaban J connectivity index is 1.98. The summed E-state index contributed by atoms with van der Waals surface area (Å²) in [6, 6.07) is -1.04. The molecule has 11 nitrogen and oxygen atoms in total. The fourth-order valence-electron chi connectivity index (χ4n) is 5.29. The van der Waals surface area contributed by atoms with Gasteiger partial charge in [0.15, 0.2) is 11.4 Å². The quantitative estimate of drug-likeness (QED) is 0.381. The van der Waals surface area contributed by atoms with E-state index in [2.05, 4.69) is 4.98 Å². The number of Topliss-reactive ketones (excluding diaryl/α,β-unsaturated/α-hetero) is 2. The molecular formula is C21H23N3O8. The molecule has 3 aliphatic rings. The molecule has 0 bridgehead atoms. The smallest absolute Gasteiger partial charge is 0.255 e. The second-order valence-electron chi connectivity index (χ2n) is 8.47. The van der Waals surface area contributed by atoms with Gasteiger partial charge in [0.05, 0.1) is 24.9 Å². The number of allylic oxidation sites excluding steroid dienone is 1. The zero-order chi connectivity index (χ0) is 23.7. The topological polar surface area (TPSA) is 184 Å². The Kier molecular flexibility index (Phi) is 4.79. The van der Waals surface area contributed by atoms with Gasteiger partial charge in [-0.05, 0) is 32.9 Å². The van der Waals surface area contributed by atoms with Gasteiger partial charge in [0.2, 0.25) is 11.7 Å². The minimum atomic E-state index is -2.66. The van der Waals surface area contributed by atoms with Crippen LogP contribution in [0.5, 0.6) is 11.6 Å². The maximum atomic E-state index is 13.3. The molecule has 6 N–H and O–H groups in total. The number of carbonyl (C=O) groups excluding carboxylic acids is 3. The Hall–Kier alpha value is -3.44. The number of ketones is 2. The molecule has 3 aliphatic carbocycles. The van der Waals surface area contributed by atoms with Crippen LogP contribution in [0.1, 0.15) is 22.3 Å². The SMILES string of the molecule is COc1ncc(O)c2c1C[C@H]1C[C@H]3[C@H](N(C)C)C(O)=C(C(N)=O)C(=O)[C@@]3(O)C(O)=C1C2=O. The summed E-state index contributed by atoms with van der Waals surface area (Å²) in [6.45, 7) is 0. The van der Waals surface area contributed by atoms with Gasteiger partial charge in [-0.15, -0.1) is 0 Å². The normalized spacial score (nSPS) is 29.6. The number of pyridine rings is 1. The van der Waals surface area contributed by atoms with Crippen molar-refractivity contribution in [3.05, 3.63) is 40.0 Å². The Morgan fingerprint density at radius 3 is 2.50 bits per heavy atom. The van der Waals surface area contributed by atoms with E-state index in [1.807, 2.05) is 0 Å². The summed E-state index contributed by atoms with van der Waals surface area (Å²) < 4.78 is 5.22. The first-order valence-electron chi connectivity index (χ1n) is 9.86. The third-order valence-electron chi connectivity index (χ3n) is 6.63. The average Bonchev–Trinajstić information content (AvgIpc) is 2.70. The number of methoxy groups -OCH3 is 1. The molecule has 0 saturated carbocycles. The van der Waals surface area contributed by atoms with Crippen molar-refractivity contribution in [2.75, 3.05) is 21.2 Å². The number of rotatable bonds is 3. The van der Waals surface area contributed by atoms with Gasteiger partial charge in [0.25, 0.3) is 5.91 Å². The van der Waals surface area contributed by atoms with E-state index in [1.165, 1.54) is 12.0 Å². The van der Waals surface area contributed by atoms with Gasteiger partial charge in [-0.3, -0.25) is 19.3 Å². The van der Waals surface area contributed by atoms with Crippen LogP contribution < -0.4 is 10.5 Å². The molecule has 0 saturated heterocycles. The molecule has 1 aromatic heterocycles. The highest BCUT2D eigenvalue weighted by Crippen LogP contribution is 2.52. The summed E-state index contributed by atoms with van der Waals surface area (Å²) in [6.07, 6.45) is 1.16. The van der Waals surface area contributed by atoms with Gasteiger partial charge in [0, 0.05) is 17.1 Å². The minimum absolute atomic E-state index is 0.00454. The van der Waals surface area contributed by atoms with Crippen molar-refractivity contribution in [1.82, 2.24) is 9.88 Å². The number of aliphatic hydroxyl groups excluding tert-OH is 2. The highest BCUT2D eigenvalue weighted by Gasteiger charge is 2.63. The van der Waals surface area contributed by atoms with Crippen LogP contribution in [0.25, 0.3) is 0 Å². The van der Waals surface area contributed by atoms with Gasteiger partial charge in [0.1, 0.15) is 22.8 Å². The van der Waals surface area contributed by atoms with Crippen LogP contribution in [0.3, 0.4) is 0 Å². The van der Waals surface area contributed by atoms with Crippen molar-refractivity contribution >= 4 is 17.5 Å². The molecule has 0 aromatic carbocycles. The van der Waals surface area contributed by atoms with Crippen LogP contribution in [0.2, 0.25) is 0 Å². The molecule has 11 heteroatoms. The van der Waals surface area contributed by atoms with Crippen LogP contribution in [-0.2, 0) is 16.0 Å². The van der Waals surface area contributed by atoms with Crippen molar-refractivity contribution in [1.29, 1.82) is 0 Å². The molecule has 0 fully saturated rings. The second kappa shape index (κ2) is 7.04. The molecule has 1 amide bonds. The van der Waals surface area contributed by atoms with E-state index in [-0.39, 0.29) is 29.9 Å². The number of likely N-dealkylation sites (N-methyl/N-ethyl adjacent to an activating group) is 1. The zero-order valence-electron chi connectivity index (χ0n) is 17.6. The number of hydrogen-bond acceptors (Lipinski definition) is 10. The Morgan fingerprint density at radius 2 is 1.94 bits per heavy atom. The fraction of sp³-hybridized carbons (Fsp3) is 0.429. The van der Waals surface area contributed by atoms with Crippen LogP contribution >= 0.6 is 0 Å². The zero-order valence-corrected chi connectivity index (χ0v) is 17.6. The Labute approximate surface area is 182 Å². The standard InChI is InChI=1S/C21H23N3O8/c1-24(2)14-9-5-7-4-8-12(10(25)6-23-20(8)32-3)15(26)11(7)17(28)21(9,31)18(29)13(16(14)27)19(22)30/h6-7,9,14,25,27-28,31H,4-5H2,1-3H3,(H2,22,30)/t7-,9-,14-,21-/m0/s1. The van der Waals surface area contributed by atoms with E-state index in [4.69, 9.17) is 10.5 Å². The van der Waals surface area contributed by atoms with E-state index >= 15 is 0 Å². The number of ether oxygens (including phenoxy) is 1. The third-order valence-corrected chi connectivity index (χ3v) is 6.63. The molecule has 1 aromatic rings. The number of hydrogen-bond donors (Lipinski definition) is 5. The first-order valence-corrected chi connectivity index (χ1v) is 9.86. The molecule has 0 radical (unpaired) electrons. The monoisotopic (exact) mass is 445 g/mol. The largest absolute Gasteiger partial charge is 0.510 e. The van der Waals surface area contributed by atoms with Crippen molar-refractivity contribution in [2.24, 2.45) is 17.6 Å². The number of amides is 1. The van der Waals surface area contributed by atoms with Gasteiger partial charge in [-0.2, -0.15) is 0 Å². The number of aliphatic hydroxyl groups is 3. The molecule has 1 heterocycles. The summed E-state index contributed by atoms with van der Waals surface area (Å²) in [4.78, 5) is 43.9. The summed E-state index contributed by atoms with van der Waals surface area (Å²) in [5, 5.41) is 43.5. The lowest BCUT2D eigenvalue weighted by molar-refractivity contribution is -0.148. The Morgan fingerprint density at radius 1 is 1.28 bits per heavy atom. The predicted molar refractivity (Wildman–Crippen MR) is 108 cm³/mol. The fourth-order valence-corrected chi connectivity index (χ4v) is 5.29. The van der Waals surface area contributed by atoms with E-state index in [1.54, 1.807) is 14.1 Å². The Bertz CT molecular complexity index is 1140. The van der Waals surface area contributed by atoms with Crippen LogP contribution in [0.15, 0.2) is 28.9 Å². The second-order valence-corrected chi connectivity index (χ2v) is 8.47. The summed E-state index contributed by atoms with van der Waals surface area (Å²) >= 11 is 0. The minimum Gasteiger partial charge on any atom is -0.510 e. The van der Waals surface area contributed by atoms with Crippen molar-refractivity contribution < 1.29 is 39.5 Å². The molecule has 0 spiro atoms. The van der Waals surface area contributed by atoms with E-state index in [0.717, 1.165) is 6.20 Å². The van der Waals surface area contributed by atoms with Gasteiger partial charge in [-0.25, -0.2) is 4.98 Å². The summed E-state index contributed by atoms with van der Waals surface area (Å²) in [5.41, 5.74) is 1.76. The van der Waals surface area contributed by atoms with Crippen molar-refractivity contribution in [3.8, 4) is 11.6 Å². The lowest BCUT2D eigenvalue weighted by atomic mass is 9.58. The maximum absolute atomic E-state index is 13.3. The number of fused-ring (bicyclic) bond motifs is 3. The van der Waals surface area contributed by atoms with Crippen molar-refractivity contribution in [2.45, 2.75) is 24.5 Å². The molecular weight excluding hydrogens is 422 g/mol. The number of nitrogens with zero attached hydrogens (tertiary/aromatic N) is 2. The van der Waals surface area contributed by atoms with Gasteiger partial charge in [-0.1, -0.05) is 0 Å². The summed E-state index contributed by atoms with van der Waals surface area (Å²) in [5.74, 6) is -6.89. The number of aromatic nitrogens is 1. The maximum Gasteiger partial charge on any atom is 0.255 e. The third kappa shape index (κ3) is 2.61. The number of aromatic hydroxyl groups is 1. The average molecular weight is 445 g/mol. The highest BCUT2D eigenvalue weighted by atomic mass is 16.5. The van der Waals surface area contributed by atoms with Crippen molar-refractivity contribution in [3.63, 3.8) is 0 Å². The molecule has 170 valence electrons. The first-order chi connectivity index (χ1) is 15.0. The van der Waals surface area contributed by atoms with E-state index in [0.29, 0.717) is 5.56 Å². The molecule has 4 atom stereocenters. The highest BCUT2D eigenvalue weighted by molar-refractivity contribution is 6.24. The number of carbonyl (C=O) groups is 3. The van der Waals surface area contributed by atoms with E-state index < -0.39 is 63.8 Å². The molecule has 0 aliphatic heterocycles. The van der Waals surface area contributed by atoms with Crippen LogP contribution in [-0.4, -0.2) is 80.6 Å². The van der Waals surface area contributed by atoms with Crippen LogP contribution in [0.4, 0.5) is 0 Å². The predicted octanol–water partition coefficient (Wildman–Crippen LogP) is -0.476. The van der Waals surface area contributed by atoms with Gasteiger partial charge < -0.3 is 30.9 Å².